The van der Waals surface area contributed by atoms with Gasteiger partial charge in [0, 0.05) is 17.0 Å². The van der Waals surface area contributed by atoms with E-state index in [0.29, 0.717) is 17.0 Å². The van der Waals surface area contributed by atoms with Crippen LogP contribution in [0, 0.1) is 17.0 Å². The summed E-state index contributed by atoms with van der Waals surface area (Å²) in [7, 11) is 0. The van der Waals surface area contributed by atoms with Crippen molar-refractivity contribution in [2.75, 3.05) is 0 Å². The van der Waals surface area contributed by atoms with Crippen LogP contribution in [0.4, 0.5) is 5.69 Å². The minimum atomic E-state index is -0.382. The summed E-state index contributed by atoms with van der Waals surface area (Å²) in [6.07, 6.45) is 1.63. The quantitative estimate of drug-likeness (QED) is 0.516. The molecule has 0 aliphatic rings. The predicted molar refractivity (Wildman–Crippen MR) is 70.8 cm³/mol. The summed E-state index contributed by atoms with van der Waals surface area (Å²) < 4.78 is 5.50. The van der Waals surface area contributed by atoms with Gasteiger partial charge in [0.15, 0.2) is 0 Å². The molecule has 0 aliphatic heterocycles. The molecule has 5 heteroatoms. The molecule has 3 aromatic rings. The molecule has 2 aromatic carbocycles. The summed E-state index contributed by atoms with van der Waals surface area (Å²) in [5.74, 6) is 1.18. The first-order valence-corrected chi connectivity index (χ1v) is 5.76. The van der Waals surface area contributed by atoms with Crippen molar-refractivity contribution in [1.29, 1.82) is 0 Å². The lowest BCUT2D eigenvalue weighted by molar-refractivity contribution is -0.383. The van der Waals surface area contributed by atoms with Gasteiger partial charge >= 0.3 is 0 Å². The minimum absolute atomic E-state index is 0.0858. The Morgan fingerprint density at radius 1 is 1.16 bits per heavy atom. The van der Waals surface area contributed by atoms with Gasteiger partial charge in [-0.3, -0.25) is 10.1 Å². The van der Waals surface area contributed by atoms with Gasteiger partial charge in [-0.05, 0) is 19.1 Å². The number of oxazole rings is 1. The van der Waals surface area contributed by atoms with E-state index >= 15 is 0 Å². The van der Waals surface area contributed by atoms with Gasteiger partial charge < -0.3 is 4.42 Å². The lowest BCUT2D eigenvalue weighted by Crippen LogP contribution is -1.90. The Hall–Kier alpha value is -2.69. The summed E-state index contributed by atoms with van der Waals surface area (Å²) in [5, 5.41) is 12.4. The molecule has 0 amide bonds. The minimum Gasteiger partial charge on any atom is -0.441 e. The van der Waals surface area contributed by atoms with Crippen LogP contribution in [0.1, 0.15) is 5.76 Å². The highest BCUT2D eigenvalue weighted by Gasteiger charge is 2.15. The number of aryl methyl sites for hydroxylation is 1. The second-order valence-corrected chi connectivity index (χ2v) is 4.21. The number of benzene rings is 2. The highest BCUT2D eigenvalue weighted by Crippen LogP contribution is 2.32. The maximum absolute atomic E-state index is 11.0. The molecule has 1 aromatic heterocycles. The number of nitro benzene ring substituents is 1. The normalized spacial score (nSPS) is 10.8. The van der Waals surface area contributed by atoms with Gasteiger partial charge in [-0.25, -0.2) is 4.98 Å². The third-order valence-electron chi connectivity index (χ3n) is 2.95. The molecule has 0 spiro atoms. The summed E-state index contributed by atoms with van der Waals surface area (Å²) >= 11 is 0. The monoisotopic (exact) mass is 254 g/mol. The fourth-order valence-electron chi connectivity index (χ4n) is 2.12. The van der Waals surface area contributed by atoms with E-state index in [1.807, 2.05) is 19.1 Å². The fourth-order valence-corrected chi connectivity index (χ4v) is 2.12. The van der Waals surface area contributed by atoms with Crippen molar-refractivity contribution >= 4 is 16.5 Å². The molecular weight excluding hydrogens is 244 g/mol. The lowest BCUT2D eigenvalue weighted by atomic mass is 10.0. The van der Waals surface area contributed by atoms with E-state index in [1.54, 1.807) is 24.4 Å². The molecule has 0 saturated heterocycles. The van der Waals surface area contributed by atoms with E-state index in [2.05, 4.69) is 4.98 Å². The average molecular weight is 254 g/mol. The zero-order chi connectivity index (χ0) is 13.4. The third kappa shape index (κ3) is 1.85. The summed E-state index contributed by atoms with van der Waals surface area (Å²) in [6, 6.07) is 10.3. The first-order valence-electron chi connectivity index (χ1n) is 5.76. The van der Waals surface area contributed by atoms with Crippen LogP contribution in [0.2, 0.25) is 0 Å². The van der Waals surface area contributed by atoms with Gasteiger partial charge in [0.05, 0.1) is 16.5 Å². The van der Waals surface area contributed by atoms with Gasteiger partial charge in [0.2, 0.25) is 5.89 Å². The molecule has 0 radical (unpaired) electrons. The summed E-state index contributed by atoms with van der Waals surface area (Å²) in [5.41, 5.74) is 0.844. The lowest BCUT2D eigenvalue weighted by Gasteiger charge is -2.03. The molecule has 0 aliphatic carbocycles. The zero-order valence-corrected chi connectivity index (χ0v) is 10.2. The first-order chi connectivity index (χ1) is 9.16. The van der Waals surface area contributed by atoms with Crippen molar-refractivity contribution in [3.63, 3.8) is 0 Å². The van der Waals surface area contributed by atoms with Crippen molar-refractivity contribution in [2.24, 2.45) is 0 Å². The van der Waals surface area contributed by atoms with Gasteiger partial charge in [0.25, 0.3) is 5.69 Å². The standard InChI is InChI=1S/C14H10N2O3/c1-9-8-15-14(19-9)12-6-2-5-11-10(12)4-3-7-13(11)16(17)18/h2-8H,1H3. The Balaban J connectivity index is 2.33. The van der Waals surface area contributed by atoms with E-state index in [0.717, 1.165) is 10.9 Å². The van der Waals surface area contributed by atoms with E-state index < -0.39 is 0 Å². The molecular formula is C14H10N2O3. The highest BCUT2D eigenvalue weighted by molar-refractivity contribution is 5.99. The Kier molecular flexibility index (Phi) is 2.52. The maximum atomic E-state index is 11.0. The second-order valence-electron chi connectivity index (χ2n) is 4.21. The van der Waals surface area contributed by atoms with Gasteiger partial charge in [-0.2, -0.15) is 0 Å². The van der Waals surface area contributed by atoms with Crippen LogP contribution in [0.5, 0.6) is 0 Å². The van der Waals surface area contributed by atoms with Crippen LogP contribution in [0.15, 0.2) is 47.0 Å². The van der Waals surface area contributed by atoms with Gasteiger partial charge in [-0.1, -0.05) is 18.2 Å². The molecule has 0 unspecified atom stereocenters. The summed E-state index contributed by atoms with van der Waals surface area (Å²) in [6.45, 7) is 1.81. The second kappa shape index (κ2) is 4.20. The zero-order valence-electron chi connectivity index (χ0n) is 10.2. The largest absolute Gasteiger partial charge is 0.441 e. The third-order valence-corrected chi connectivity index (χ3v) is 2.95. The smallest absolute Gasteiger partial charge is 0.277 e. The van der Waals surface area contributed by atoms with Crippen molar-refractivity contribution in [1.82, 2.24) is 4.98 Å². The van der Waals surface area contributed by atoms with Crippen molar-refractivity contribution < 1.29 is 9.34 Å². The van der Waals surface area contributed by atoms with Crippen LogP contribution in [-0.4, -0.2) is 9.91 Å². The Bertz CT molecular complexity index is 777. The molecule has 0 fully saturated rings. The van der Waals surface area contributed by atoms with Gasteiger partial charge in [0.1, 0.15) is 5.76 Å². The fraction of sp³-hybridized carbons (Fsp3) is 0.0714. The van der Waals surface area contributed by atoms with Crippen LogP contribution in [0.25, 0.3) is 22.2 Å². The highest BCUT2D eigenvalue weighted by atomic mass is 16.6. The molecule has 19 heavy (non-hydrogen) atoms. The SMILES string of the molecule is Cc1cnc(-c2cccc3c([N+](=O)[O-])cccc23)o1. The number of nitrogens with zero attached hydrogens (tertiary/aromatic N) is 2. The summed E-state index contributed by atoms with van der Waals surface area (Å²) in [4.78, 5) is 14.8. The Labute approximate surface area is 108 Å². The predicted octanol–water partition coefficient (Wildman–Crippen LogP) is 3.71. The Morgan fingerprint density at radius 2 is 1.89 bits per heavy atom. The number of aromatic nitrogens is 1. The van der Waals surface area contributed by atoms with Crippen LogP contribution in [0.3, 0.4) is 0 Å². The molecule has 5 nitrogen and oxygen atoms in total. The molecule has 0 saturated carbocycles. The van der Waals surface area contributed by atoms with Crippen LogP contribution < -0.4 is 0 Å². The number of non-ortho nitro benzene ring substituents is 1. The van der Waals surface area contributed by atoms with E-state index in [4.69, 9.17) is 4.42 Å². The molecule has 3 rings (SSSR count). The van der Waals surface area contributed by atoms with Crippen LogP contribution in [-0.2, 0) is 0 Å². The van der Waals surface area contributed by atoms with E-state index in [-0.39, 0.29) is 10.6 Å². The topological polar surface area (TPSA) is 69.2 Å². The number of fused-ring (bicyclic) bond motifs is 1. The number of hydrogen-bond donors (Lipinski definition) is 0. The van der Waals surface area contributed by atoms with Gasteiger partial charge in [-0.15, -0.1) is 0 Å². The molecule has 0 N–H and O–H groups in total. The number of nitro groups is 1. The van der Waals surface area contributed by atoms with Crippen molar-refractivity contribution in [3.8, 4) is 11.5 Å². The van der Waals surface area contributed by atoms with Crippen molar-refractivity contribution in [3.05, 3.63) is 58.5 Å². The van der Waals surface area contributed by atoms with Crippen molar-refractivity contribution in [2.45, 2.75) is 6.92 Å². The van der Waals surface area contributed by atoms with Crippen LogP contribution >= 0.6 is 0 Å². The first kappa shape index (κ1) is 11.4. The Morgan fingerprint density at radius 3 is 2.58 bits per heavy atom. The van der Waals surface area contributed by atoms with E-state index in [9.17, 15) is 10.1 Å². The molecule has 0 bridgehead atoms. The molecule has 94 valence electrons. The molecule has 0 atom stereocenters. The number of rotatable bonds is 2. The average Bonchev–Trinajstić information content (AvgIpc) is 2.83. The maximum Gasteiger partial charge on any atom is 0.277 e. The molecule has 1 heterocycles. The number of hydrogen-bond acceptors (Lipinski definition) is 4. The van der Waals surface area contributed by atoms with E-state index in [1.165, 1.54) is 6.07 Å².